The number of para-hydroxylation sites is 1. The third kappa shape index (κ3) is 4.32. The summed E-state index contributed by atoms with van der Waals surface area (Å²) in [7, 11) is 5.20. The number of likely N-dealkylation sites (tertiary alicyclic amines) is 1. The lowest BCUT2D eigenvalue weighted by Gasteiger charge is -2.53. The third-order valence-corrected chi connectivity index (χ3v) is 5.00. The predicted octanol–water partition coefficient (Wildman–Crippen LogP) is 1.53. The fraction of sp³-hybridized carbons (Fsp3) is 0.632. The zero-order valence-electron chi connectivity index (χ0n) is 15.4. The van der Waals surface area contributed by atoms with Gasteiger partial charge in [-0.3, -0.25) is 9.69 Å². The number of amides is 1. The van der Waals surface area contributed by atoms with Crippen LogP contribution in [0.15, 0.2) is 24.3 Å². The maximum atomic E-state index is 11.7. The lowest BCUT2D eigenvalue weighted by atomic mass is 9.84. The Hall–Kier alpha value is -1.63. The van der Waals surface area contributed by atoms with E-state index in [1.54, 1.807) is 26.1 Å². The Bertz CT molecular complexity index is 599. The van der Waals surface area contributed by atoms with Crippen LogP contribution in [0.25, 0.3) is 0 Å². The molecule has 2 aliphatic rings. The number of carbonyl (C=O) groups excluding carboxylic acids is 1. The molecular formula is C19H28N2O4. The number of carbonyl (C=O) groups is 1. The molecule has 1 amide bonds. The normalized spacial score (nSPS) is 22.4. The van der Waals surface area contributed by atoms with Gasteiger partial charge in [-0.2, -0.15) is 0 Å². The summed E-state index contributed by atoms with van der Waals surface area (Å²) in [6.07, 6.45) is 1.82. The fourth-order valence-corrected chi connectivity index (χ4v) is 3.62. The Balaban J connectivity index is 1.49. The van der Waals surface area contributed by atoms with Gasteiger partial charge in [0.25, 0.3) is 0 Å². The second-order valence-corrected chi connectivity index (χ2v) is 7.20. The summed E-state index contributed by atoms with van der Waals surface area (Å²) in [6.45, 7) is 3.50. The van der Waals surface area contributed by atoms with E-state index in [1.165, 1.54) is 5.56 Å². The van der Waals surface area contributed by atoms with Crippen LogP contribution in [-0.2, 0) is 20.8 Å². The maximum Gasteiger partial charge on any atom is 0.248 e. The molecule has 0 bridgehead atoms. The highest BCUT2D eigenvalue weighted by Crippen LogP contribution is 2.36. The van der Waals surface area contributed by atoms with Crippen molar-refractivity contribution < 1.29 is 19.0 Å². The monoisotopic (exact) mass is 348 g/mol. The van der Waals surface area contributed by atoms with Crippen LogP contribution in [0.2, 0.25) is 0 Å². The van der Waals surface area contributed by atoms with Gasteiger partial charge in [0.05, 0.1) is 18.8 Å². The Morgan fingerprint density at radius 1 is 1.36 bits per heavy atom. The van der Waals surface area contributed by atoms with Crippen LogP contribution in [0.4, 0.5) is 0 Å². The van der Waals surface area contributed by atoms with Gasteiger partial charge in [0.2, 0.25) is 5.91 Å². The first-order valence-corrected chi connectivity index (χ1v) is 8.81. The number of ether oxygens (including phenoxy) is 3. The molecule has 2 saturated heterocycles. The molecule has 2 fully saturated rings. The Morgan fingerprint density at radius 2 is 2.12 bits per heavy atom. The van der Waals surface area contributed by atoms with Crippen LogP contribution < -0.4 is 4.74 Å². The largest absolute Gasteiger partial charge is 0.496 e. The zero-order valence-corrected chi connectivity index (χ0v) is 15.4. The number of likely N-dealkylation sites (N-methyl/N-ethyl adjacent to an activating group) is 1. The van der Waals surface area contributed by atoms with Crippen LogP contribution >= 0.6 is 0 Å². The van der Waals surface area contributed by atoms with Crippen LogP contribution in [0.3, 0.4) is 0 Å². The molecule has 1 aromatic carbocycles. The first-order chi connectivity index (χ1) is 12.0. The minimum absolute atomic E-state index is 0.00644. The van der Waals surface area contributed by atoms with Crippen molar-refractivity contribution >= 4 is 5.91 Å². The van der Waals surface area contributed by atoms with Crippen LogP contribution in [0.1, 0.15) is 18.4 Å². The second kappa shape index (κ2) is 7.72. The van der Waals surface area contributed by atoms with Gasteiger partial charge in [-0.05, 0) is 12.5 Å². The summed E-state index contributed by atoms with van der Waals surface area (Å²) in [5.74, 6) is 0.934. The highest BCUT2D eigenvalue weighted by atomic mass is 16.5. The van der Waals surface area contributed by atoms with Gasteiger partial charge in [0.1, 0.15) is 12.4 Å². The highest BCUT2D eigenvalue weighted by molar-refractivity contribution is 5.76. The Morgan fingerprint density at radius 3 is 2.84 bits per heavy atom. The van der Waals surface area contributed by atoms with E-state index >= 15 is 0 Å². The summed E-state index contributed by atoms with van der Waals surface area (Å²) in [6, 6.07) is 8.12. The first-order valence-electron chi connectivity index (χ1n) is 8.81. The average Bonchev–Trinajstić information content (AvgIpc) is 2.59. The van der Waals surface area contributed by atoms with Gasteiger partial charge < -0.3 is 19.1 Å². The summed E-state index contributed by atoms with van der Waals surface area (Å²) < 4.78 is 17.3. The van der Waals surface area contributed by atoms with Crippen molar-refractivity contribution in [2.75, 3.05) is 47.5 Å². The van der Waals surface area contributed by atoms with E-state index in [2.05, 4.69) is 11.0 Å². The summed E-state index contributed by atoms with van der Waals surface area (Å²) >= 11 is 0. The molecule has 1 spiro atoms. The lowest BCUT2D eigenvalue weighted by molar-refractivity contribution is -0.200. The standard InChI is InChI=1S/C19H28N2O4/c1-20(2)18(22)12-24-16-8-9-25-19(10-16)13-21(14-19)11-15-6-4-5-7-17(15)23-3/h4-7,16H,8-14H2,1-3H3/t16-/m0/s1. The summed E-state index contributed by atoms with van der Waals surface area (Å²) in [5.41, 5.74) is 1.08. The highest BCUT2D eigenvalue weighted by Gasteiger charge is 2.47. The van der Waals surface area contributed by atoms with Gasteiger partial charge in [-0.15, -0.1) is 0 Å². The number of rotatable bonds is 6. The topological polar surface area (TPSA) is 51.2 Å². The molecule has 2 aliphatic heterocycles. The van der Waals surface area contributed by atoms with Crippen molar-refractivity contribution in [2.24, 2.45) is 0 Å². The van der Waals surface area contributed by atoms with Crippen LogP contribution in [0, 0.1) is 0 Å². The maximum absolute atomic E-state index is 11.7. The minimum Gasteiger partial charge on any atom is -0.496 e. The molecule has 1 atom stereocenters. The van der Waals surface area contributed by atoms with Crippen LogP contribution in [0.5, 0.6) is 5.75 Å². The van der Waals surface area contributed by atoms with E-state index in [0.29, 0.717) is 6.61 Å². The molecular weight excluding hydrogens is 320 g/mol. The molecule has 0 unspecified atom stereocenters. The molecule has 25 heavy (non-hydrogen) atoms. The predicted molar refractivity (Wildman–Crippen MR) is 94.6 cm³/mol. The fourth-order valence-electron chi connectivity index (χ4n) is 3.62. The quantitative estimate of drug-likeness (QED) is 0.780. The van der Waals surface area contributed by atoms with Crippen molar-refractivity contribution in [3.63, 3.8) is 0 Å². The lowest BCUT2D eigenvalue weighted by Crippen LogP contribution is -2.65. The molecule has 0 radical (unpaired) electrons. The molecule has 2 heterocycles. The SMILES string of the molecule is COc1ccccc1CN1CC2(C[C@@H](OCC(=O)N(C)C)CCO2)C1. The molecule has 0 aromatic heterocycles. The first kappa shape index (κ1) is 18.2. The van der Waals surface area contributed by atoms with Crippen molar-refractivity contribution in [3.8, 4) is 5.75 Å². The van der Waals surface area contributed by atoms with E-state index in [0.717, 1.165) is 38.2 Å². The Labute approximate surface area is 149 Å². The molecule has 138 valence electrons. The molecule has 0 saturated carbocycles. The van der Waals surface area contributed by atoms with E-state index < -0.39 is 0 Å². The van der Waals surface area contributed by atoms with Crippen LogP contribution in [-0.4, -0.2) is 74.9 Å². The van der Waals surface area contributed by atoms with Crippen molar-refractivity contribution in [2.45, 2.75) is 31.1 Å². The van der Waals surface area contributed by atoms with E-state index in [4.69, 9.17) is 14.2 Å². The van der Waals surface area contributed by atoms with Crippen molar-refractivity contribution in [3.05, 3.63) is 29.8 Å². The van der Waals surface area contributed by atoms with Gasteiger partial charge in [-0.25, -0.2) is 0 Å². The van der Waals surface area contributed by atoms with Crippen molar-refractivity contribution in [1.82, 2.24) is 9.80 Å². The molecule has 6 nitrogen and oxygen atoms in total. The summed E-state index contributed by atoms with van der Waals surface area (Å²) in [4.78, 5) is 15.6. The van der Waals surface area contributed by atoms with Gasteiger partial charge in [0.15, 0.2) is 0 Å². The Kier molecular flexibility index (Phi) is 5.61. The van der Waals surface area contributed by atoms with Gasteiger partial charge in [-0.1, -0.05) is 18.2 Å². The smallest absolute Gasteiger partial charge is 0.248 e. The minimum atomic E-state index is -0.119. The molecule has 0 aliphatic carbocycles. The van der Waals surface area contributed by atoms with E-state index in [-0.39, 0.29) is 24.2 Å². The number of hydrogen-bond acceptors (Lipinski definition) is 5. The van der Waals surface area contributed by atoms with Gasteiger partial charge in [0, 0.05) is 52.3 Å². The van der Waals surface area contributed by atoms with E-state index in [9.17, 15) is 4.79 Å². The number of benzene rings is 1. The van der Waals surface area contributed by atoms with E-state index in [1.807, 2.05) is 18.2 Å². The molecule has 0 N–H and O–H groups in total. The zero-order chi connectivity index (χ0) is 17.9. The number of methoxy groups -OCH3 is 1. The average molecular weight is 348 g/mol. The molecule has 6 heteroatoms. The molecule has 3 rings (SSSR count). The summed E-state index contributed by atoms with van der Waals surface area (Å²) in [5, 5.41) is 0. The number of hydrogen-bond donors (Lipinski definition) is 0. The third-order valence-electron chi connectivity index (χ3n) is 5.00. The van der Waals surface area contributed by atoms with Crippen molar-refractivity contribution in [1.29, 1.82) is 0 Å². The second-order valence-electron chi connectivity index (χ2n) is 7.20. The van der Waals surface area contributed by atoms with Gasteiger partial charge >= 0.3 is 0 Å². The number of nitrogens with zero attached hydrogens (tertiary/aromatic N) is 2. The molecule has 1 aromatic rings.